The van der Waals surface area contributed by atoms with Crippen LogP contribution in [0.15, 0.2) is 194 Å². The van der Waals surface area contributed by atoms with Gasteiger partial charge in [-0.1, -0.05) is 153 Å². The quantitative estimate of drug-likeness (QED) is 0.147. The highest BCUT2D eigenvalue weighted by Gasteiger charge is 2.36. The van der Waals surface area contributed by atoms with Gasteiger partial charge in [-0.05, 0) is 105 Å². The molecule has 1 aliphatic rings. The second-order valence-electron chi connectivity index (χ2n) is 14.2. The lowest BCUT2D eigenvalue weighted by Gasteiger charge is -2.27. The van der Waals surface area contributed by atoms with Crippen LogP contribution in [-0.4, -0.2) is 0 Å². The number of rotatable bonds is 8. The van der Waals surface area contributed by atoms with Gasteiger partial charge in [-0.3, -0.25) is 0 Å². The first kappa shape index (κ1) is 32.3. The monoisotopic (exact) mass is 680 g/mol. The highest BCUT2D eigenvalue weighted by Crippen LogP contribution is 2.53. The summed E-state index contributed by atoms with van der Waals surface area (Å²) in [5.41, 5.74) is 14.5. The van der Waals surface area contributed by atoms with Crippen LogP contribution in [0.5, 0.6) is 0 Å². The lowest BCUT2D eigenvalue weighted by molar-refractivity contribution is 0.660. The Morgan fingerprint density at radius 3 is 1.43 bits per heavy atom. The number of benzene rings is 8. The number of para-hydroxylation sites is 4. The molecule has 254 valence electrons. The van der Waals surface area contributed by atoms with E-state index in [1.807, 2.05) is 0 Å². The van der Waals surface area contributed by atoms with Crippen LogP contribution in [0.2, 0.25) is 0 Å². The fraction of sp³-hybridized carbons (Fsp3) is 0.0588. The van der Waals surface area contributed by atoms with E-state index >= 15 is 0 Å². The topological polar surface area (TPSA) is 6.48 Å². The van der Waals surface area contributed by atoms with Gasteiger partial charge in [0.1, 0.15) is 0 Å². The molecule has 0 saturated carbocycles. The molecule has 0 aromatic heterocycles. The van der Waals surface area contributed by atoms with E-state index < -0.39 is 0 Å². The van der Waals surface area contributed by atoms with Crippen LogP contribution in [0, 0.1) is 0 Å². The number of hydrogen-bond acceptors (Lipinski definition) is 2. The first-order chi connectivity index (χ1) is 26.1. The van der Waals surface area contributed by atoms with Gasteiger partial charge >= 0.3 is 0 Å². The fourth-order valence-corrected chi connectivity index (χ4v) is 8.00. The predicted octanol–water partition coefficient (Wildman–Crippen LogP) is 14.3. The van der Waals surface area contributed by atoms with Gasteiger partial charge in [-0.2, -0.15) is 0 Å². The van der Waals surface area contributed by atoms with Gasteiger partial charge in [0.25, 0.3) is 0 Å². The maximum absolute atomic E-state index is 2.39. The molecule has 9 rings (SSSR count). The summed E-state index contributed by atoms with van der Waals surface area (Å²) in [5.74, 6) is 0. The van der Waals surface area contributed by atoms with Crippen molar-refractivity contribution < 1.29 is 0 Å². The molecule has 0 N–H and O–H groups in total. The lowest BCUT2D eigenvalue weighted by Crippen LogP contribution is -2.15. The fourth-order valence-electron chi connectivity index (χ4n) is 8.00. The zero-order chi connectivity index (χ0) is 35.8. The van der Waals surface area contributed by atoms with Crippen molar-refractivity contribution in [2.24, 2.45) is 0 Å². The smallest absolute Gasteiger partial charge is 0.0540 e. The summed E-state index contributed by atoms with van der Waals surface area (Å²) in [6, 6.07) is 69.7. The molecule has 8 aromatic carbocycles. The van der Waals surface area contributed by atoms with Crippen LogP contribution < -0.4 is 9.80 Å². The molecule has 0 amide bonds. The van der Waals surface area contributed by atoms with E-state index in [0.29, 0.717) is 0 Å². The molecule has 0 bridgehead atoms. The van der Waals surface area contributed by atoms with E-state index in [2.05, 4.69) is 230 Å². The zero-order valence-electron chi connectivity index (χ0n) is 30.0. The minimum atomic E-state index is -0.128. The molecule has 0 aliphatic heterocycles. The number of hydrogen-bond donors (Lipinski definition) is 0. The van der Waals surface area contributed by atoms with Gasteiger partial charge in [0.15, 0.2) is 0 Å². The van der Waals surface area contributed by atoms with Crippen molar-refractivity contribution >= 4 is 57.0 Å². The molecule has 0 heterocycles. The summed E-state index contributed by atoms with van der Waals surface area (Å²) < 4.78 is 0. The third-order valence-corrected chi connectivity index (χ3v) is 10.6. The van der Waals surface area contributed by atoms with E-state index in [0.717, 1.165) is 34.0 Å². The van der Waals surface area contributed by atoms with Crippen LogP contribution in [0.1, 0.15) is 36.1 Å². The maximum Gasteiger partial charge on any atom is 0.0540 e. The molecule has 2 heteroatoms. The van der Waals surface area contributed by atoms with Crippen LogP contribution in [-0.2, 0) is 5.41 Å². The van der Waals surface area contributed by atoms with Crippen molar-refractivity contribution in [1.82, 2.24) is 0 Å². The Labute approximate surface area is 312 Å². The molecule has 2 nitrogen and oxygen atoms in total. The van der Waals surface area contributed by atoms with Crippen LogP contribution >= 0.6 is 0 Å². The number of anilines is 6. The van der Waals surface area contributed by atoms with Gasteiger partial charge in [0, 0.05) is 39.2 Å². The summed E-state index contributed by atoms with van der Waals surface area (Å²) in [7, 11) is 0. The Bertz CT molecular complexity index is 2480. The van der Waals surface area contributed by atoms with Gasteiger partial charge in [-0.25, -0.2) is 0 Å². The van der Waals surface area contributed by atoms with Crippen molar-refractivity contribution in [3.8, 4) is 11.1 Å². The number of fused-ring (bicyclic) bond motifs is 5. The van der Waals surface area contributed by atoms with E-state index in [1.165, 1.54) is 44.3 Å². The summed E-state index contributed by atoms with van der Waals surface area (Å²) in [6.07, 6.45) is 4.47. The molecule has 0 spiro atoms. The molecule has 53 heavy (non-hydrogen) atoms. The van der Waals surface area contributed by atoms with Crippen molar-refractivity contribution in [3.63, 3.8) is 0 Å². The second kappa shape index (κ2) is 13.5. The van der Waals surface area contributed by atoms with Crippen molar-refractivity contribution in [3.05, 3.63) is 216 Å². The molecular weight excluding hydrogens is 641 g/mol. The third-order valence-electron chi connectivity index (χ3n) is 10.6. The normalized spacial score (nSPS) is 12.8. The van der Waals surface area contributed by atoms with E-state index in [1.54, 1.807) is 0 Å². The van der Waals surface area contributed by atoms with Crippen molar-refractivity contribution in [2.75, 3.05) is 9.80 Å². The Morgan fingerprint density at radius 2 is 0.868 bits per heavy atom. The molecule has 0 radical (unpaired) electrons. The Kier molecular flexibility index (Phi) is 8.21. The largest absolute Gasteiger partial charge is 0.311 e. The highest BCUT2D eigenvalue weighted by molar-refractivity contribution is 6.09. The van der Waals surface area contributed by atoms with Gasteiger partial charge in [0.2, 0.25) is 0 Å². The van der Waals surface area contributed by atoms with Gasteiger partial charge in [-0.15, -0.1) is 0 Å². The van der Waals surface area contributed by atoms with Crippen LogP contribution in [0.3, 0.4) is 0 Å². The molecule has 0 atom stereocenters. The first-order valence-electron chi connectivity index (χ1n) is 18.4. The second-order valence-corrected chi connectivity index (χ2v) is 14.2. The Hall–Kier alpha value is -6.64. The van der Waals surface area contributed by atoms with E-state index in [-0.39, 0.29) is 5.41 Å². The van der Waals surface area contributed by atoms with E-state index in [9.17, 15) is 0 Å². The summed E-state index contributed by atoms with van der Waals surface area (Å²) >= 11 is 0. The highest BCUT2D eigenvalue weighted by atomic mass is 15.1. The van der Waals surface area contributed by atoms with Crippen molar-refractivity contribution in [1.29, 1.82) is 0 Å². The minimum absolute atomic E-state index is 0.128. The Balaban J connectivity index is 1.06. The maximum atomic E-state index is 2.39. The minimum Gasteiger partial charge on any atom is -0.311 e. The SMILES string of the molecule is CC1(C)c2cc(C=Cc3ccc(N(c4ccccc4)c4ccccc4)cc3)ccc2-c2c1ccc1c(N(c3ccccc3)c3ccccc3)cccc21. The predicted molar refractivity (Wildman–Crippen MR) is 226 cm³/mol. The molecular formula is C51H40N2. The zero-order valence-corrected chi connectivity index (χ0v) is 30.0. The van der Waals surface area contributed by atoms with Crippen molar-refractivity contribution in [2.45, 2.75) is 19.3 Å². The van der Waals surface area contributed by atoms with Gasteiger partial charge in [0.05, 0.1) is 5.69 Å². The van der Waals surface area contributed by atoms with Crippen LogP contribution in [0.25, 0.3) is 34.1 Å². The lowest BCUT2D eigenvalue weighted by atomic mass is 9.81. The van der Waals surface area contributed by atoms with E-state index in [4.69, 9.17) is 0 Å². The summed E-state index contributed by atoms with van der Waals surface area (Å²) in [4.78, 5) is 4.66. The number of nitrogens with zero attached hydrogens (tertiary/aromatic N) is 2. The first-order valence-corrected chi connectivity index (χ1v) is 18.4. The molecule has 0 saturated heterocycles. The average Bonchev–Trinajstić information content (AvgIpc) is 3.45. The standard InChI is InChI=1S/C51H40N2/c1-51(2)47-35-34-44-45(24-15-25-49(44)53(41-20-11-5-12-21-41)42-22-13-6-14-23-42)50(47)46-33-30-38(36-48(46)51)27-26-37-28-31-43(32-29-37)52(39-16-7-3-8-17-39)40-18-9-4-10-19-40/h3-36H,1-2H3. The molecule has 0 fully saturated rings. The summed E-state index contributed by atoms with van der Waals surface area (Å²) in [6.45, 7) is 4.73. The van der Waals surface area contributed by atoms with Crippen LogP contribution in [0.4, 0.5) is 34.1 Å². The molecule has 0 unspecified atom stereocenters. The van der Waals surface area contributed by atoms with Gasteiger partial charge < -0.3 is 9.80 Å². The molecule has 8 aromatic rings. The summed E-state index contributed by atoms with van der Waals surface area (Å²) in [5, 5.41) is 2.53. The molecule has 1 aliphatic carbocycles. The Morgan fingerprint density at radius 1 is 0.377 bits per heavy atom. The third kappa shape index (κ3) is 5.89. The average molecular weight is 681 g/mol.